The second-order valence-electron chi connectivity index (χ2n) is 12.8. The molecule has 0 N–H and O–H groups in total. The molecule has 1 aromatic heterocycles. The van der Waals surface area contributed by atoms with E-state index in [9.17, 15) is 0 Å². The minimum Gasteiger partial charge on any atom is -0.456 e. The molecule has 0 aliphatic rings. The fraction of sp³-hybridized carbons (Fsp3) is 0. The smallest absolute Gasteiger partial charge is 0.136 e. The van der Waals surface area contributed by atoms with Gasteiger partial charge in [0.1, 0.15) is 11.2 Å². The Morgan fingerprint density at radius 2 is 0.816 bits per heavy atom. The van der Waals surface area contributed by atoms with Crippen LogP contribution in [0.5, 0.6) is 0 Å². The van der Waals surface area contributed by atoms with E-state index in [0.717, 1.165) is 27.5 Å². The van der Waals surface area contributed by atoms with E-state index < -0.39 is 0 Å². The van der Waals surface area contributed by atoms with Crippen molar-refractivity contribution >= 4 is 54.3 Å². The summed E-state index contributed by atoms with van der Waals surface area (Å²) in [7, 11) is 0. The van der Waals surface area contributed by atoms with Gasteiger partial charge in [0.05, 0.1) is 0 Å². The average Bonchev–Trinajstić information content (AvgIpc) is 3.54. The predicted molar refractivity (Wildman–Crippen MR) is 208 cm³/mol. The number of benzene rings is 9. The number of rotatable bonds is 4. The third-order valence-electron chi connectivity index (χ3n) is 10.1. The summed E-state index contributed by atoms with van der Waals surface area (Å²) in [5, 5.41) is 9.78. The fourth-order valence-corrected chi connectivity index (χ4v) is 7.79. The molecule has 0 radical (unpaired) electrons. The van der Waals surface area contributed by atoms with Crippen LogP contribution in [0.15, 0.2) is 186 Å². The van der Waals surface area contributed by atoms with E-state index in [-0.39, 0.29) is 0 Å². The van der Waals surface area contributed by atoms with Gasteiger partial charge in [-0.3, -0.25) is 0 Å². The van der Waals surface area contributed by atoms with Crippen molar-refractivity contribution in [3.8, 4) is 44.5 Å². The first-order chi connectivity index (χ1) is 24.3. The molecule has 0 unspecified atom stereocenters. The van der Waals surface area contributed by atoms with Crippen LogP contribution >= 0.6 is 0 Å². The van der Waals surface area contributed by atoms with Crippen molar-refractivity contribution < 1.29 is 4.42 Å². The van der Waals surface area contributed by atoms with Crippen molar-refractivity contribution in [2.75, 3.05) is 0 Å². The summed E-state index contributed by atoms with van der Waals surface area (Å²) in [4.78, 5) is 0. The molecule has 10 aromatic rings. The molecule has 1 heterocycles. The highest BCUT2D eigenvalue weighted by Gasteiger charge is 2.18. The quantitative estimate of drug-likeness (QED) is 0.178. The summed E-state index contributed by atoms with van der Waals surface area (Å²) in [6.45, 7) is 0. The van der Waals surface area contributed by atoms with E-state index in [1.54, 1.807) is 0 Å². The van der Waals surface area contributed by atoms with Crippen LogP contribution in [0.25, 0.3) is 98.8 Å². The first kappa shape index (κ1) is 27.7. The Balaban J connectivity index is 1.15. The van der Waals surface area contributed by atoms with Crippen molar-refractivity contribution in [3.63, 3.8) is 0 Å². The third kappa shape index (κ3) is 4.47. The average molecular weight is 623 g/mol. The molecule has 0 aliphatic carbocycles. The standard InChI is InChI=1S/C48H30O/c1-2-11-31(12-3-1)35-25-27-39-44-29-36(26-28-45(44)49-46(39)30-35)48-42-18-8-6-16-40(42)47(41-17-7-9-19-43(41)48)34-23-21-33(22-24-34)38-20-10-14-32-13-4-5-15-37(32)38/h1-30H. The molecule has 9 aromatic carbocycles. The van der Waals surface area contributed by atoms with Crippen LogP contribution in [0, 0.1) is 0 Å². The lowest BCUT2D eigenvalue weighted by atomic mass is 9.85. The van der Waals surface area contributed by atoms with Gasteiger partial charge in [0.25, 0.3) is 0 Å². The Morgan fingerprint density at radius 1 is 0.265 bits per heavy atom. The van der Waals surface area contributed by atoms with Crippen LogP contribution in [0.2, 0.25) is 0 Å². The van der Waals surface area contributed by atoms with Crippen LogP contribution in [0.4, 0.5) is 0 Å². The van der Waals surface area contributed by atoms with Gasteiger partial charge in [0.2, 0.25) is 0 Å². The summed E-state index contributed by atoms with van der Waals surface area (Å²) in [6.07, 6.45) is 0. The first-order valence-electron chi connectivity index (χ1n) is 16.8. The van der Waals surface area contributed by atoms with E-state index in [1.807, 2.05) is 6.07 Å². The van der Waals surface area contributed by atoms with E-state index in [4.69, 9.17) is 4.42 Å². The summed E-state index contributed by atoms with van der Waals surface area (Å²) in [6, 6.07) is 65.7. The van der Waals surface area contributed by atoms with Crippen molar-refractivity contribution in [1.29, 1.82) is 0 Å². The van der Waals surface area contributed by atoms with Crippen molar-refractivity contribution in [1.82, 2.24) is 0 Å². The molecule has 1 nitrogen and oxygen atoms in total. The van der Waals surface area contributed by atoms with Crippen LogP contribution in [0.3, 0.4) is 0 Å². The van der Waals surface area contributed by atoms with Gasteiger partial charge in [0, 0.05) is 10.8 Å². The van der Waals surface area contributed by atoms with Crippen molar-refractivity contribution in [3.05, 3.63) is 182 Å². The van der Waals surface area contributed by atoms with Gasteiger partial charge in [-0.05, 0) is 101 Å². The Morgan fingerprint density at radius 3 is 1.53 bits per heavy atom. The molecular weight excluding hydrogens is 593 g/mol. The summed E-state index contributed by atoms with van der Waals surface area (Å²) in [5.74, 6) is 0. The molecule has 0 atom stereocenters. The van der Waals surface area contributed by atoms with Crippen molar-refractivity contribution in [2.45, 2.75) is 0 Å². The maximum Gasteiger partial charge on any atom is 0.136 e. The highest BCUT2D eigenvalue weighted by molar-refractivity contribution is 6.22. The second-order valence-corrected chi connectivity index (χ2v) is 12.8. The SMILES string of the molecule is c1ccc(-c2ccc3c(c2)oc2ccc(-c4c5ccccc5c(-c5ccc(-c6cccc7ccccc67)cc5)c5ccccc45)cc23)cc1. The third-order valence-corrected chi connectivity index (χ3v) is 10.1. The lowest BCUT2D eigenvalue weighted by Crippen LogP contribution is -1.91. The van der Waals surface area contributed by atoms with E-state index in [2.05, 4.69) is 176 Å². The zero-order valence-corrected chi connectivity index (χ0v) is 26.7. The molecule has 0 saturated carbocycles. The zero-order chi connectivity index (χ0) is 32.3. The Hall–Kier alpha value is -6.44. The minimum absolute atomic E-state index is 0.903. The van der Waals surface area contributed by atoms with Gasteiger partial charge in [0.15, 0.2) is 0 Å². The largest absolute Gasteiger partial charge is 0.456 e. The van der Waals surface area contributed by atoms with Crippen molar-refractivity contribution in [2.24, 2.45) is 0 Å². The van der Waals surface area contributed by atoms with Gasteiger partial charge in [-0.15, -0.1) is 0 Å². The number of fused-ring (bicyclic) bond motifs is 6. The second kappa shape index (κ2) is 11.1. The maximum atomic E-state index is 6.42. The van der Waals surface area contributed by atoms with E-state index in [0.29, 0.717) is 0 Å². The number of hydrogen-bond acceptors (Lipinski definition) is 1. The predicted octanol–water partition coefficient (Wildman–Crippen LogP) is 13.7. The Kier molecular flexibility index (Phi) is 6.25. The molecular formula is C48H30O. The summed E-state index contributed by atoms with van der Waals surface area (Å²) >= 11 is 0. The molecule has 10 rings (SSSR count). The van der Waals surface area contributed by atoms with E-state index >= 15 is 0 Å². The minimum atomic E-state index is 0.903. The zero-order valence-electron chi connectivity index (χ0n) is 26.7. The van der Waals surface area contributed by atoms with Gasteiger partial charge >= 0.3 is 0 Å². The van der Waals surface area contributed by atoms with Crippen LogP contribution in [0.1, 0.15) is 0 Å². The normalized spacial score (nSPS) is 11.7. The van der Waals surface area contributed by atoms with Crippen LogP contribution in [-0.4, -0.2) is 0 Å². The topological polar surface area (TPSA) is 13.1 Å². The monoisotopic (exact) mass is 622 g/mol. The molecule has 0 bridgehead atoms. The first-order valence-corrected chi connectivity index (χ1v) is 16.8. The molecule has 0 saturated heterocycles. The molecule has 0 aliphatic heterocycles. The maximum absolute atomic E-state index is 6.42. The Labute approximate surface area is 284 Å². The van der Waals surface area contributed by atoms with E-state index in [1.165, 1.54) is 71.3 Å². The summed E-state index contributed by atoms with van der Waals surface area (Å²) in [5.41, 5.74) is 11.6. The highest BCUT2D eigenvalue weighted by Crippen LogP contribution is 2.45. The fourth-order valence-electron chi connectivity index (χ4n) is 7.79. The molecule has 49 heavy (non-hydrogen) atoms. The number of hydrogen-bond donors (Lipinski definition) is 0. The van der Waals surface area contributed by atoms with Gasteiger partial charge in [-0.1, -0.05) is 158 Å². The molecule has 0 spiro atoms. The lowest BCUT2D eigenvalue weighted by Gasteiger charge is -2.18. The molecule has 1 heteroatoms. The highest BCUT2D eigenvalue weighted by atomic mass is 16.3. The van der Waals surface area contributed by atoms with Crippen LogP contribution < -0.4 is 0 Å². The molecule has 0 amide bonds. The Bertz CT molecular complexity index is 2790. The van der Waals surface area contributed by atoms with Gasteiger partial charge < -0.3 is 4.42 Å². The summed E-state index contributed by atoms with van der Waals surface area (Å²) < 4.78 is 6.42. The van der Waals surface area contributed by atoms with Gasteiger partial charge in [-0.25, -0.2) is 0 Å². The van der Waals surface area contributed by atoms with Gasteiger partial charge in [-0.2, -0.15) is 0 Å². The molecule has 0 fully saturated rings. The lowest BCUT2D eigenvalue weighted by molar-refractivity contribution is 0.669. The number of furan rings is 1. The van der Waals surface area contributed by atoms with Crippen LogP contribution in [-0.2, 0) is 0 Å². The molecule has 228 valence electrons.